The van der Waals surface area contributed by atoms with E-state index in [2.05, 4.69) is 10.3 Å². The SMILES string of the molecule is CC(NC(N)=O)c1nc(C(=O)O)cs1. The van der Waals surface area contributed by atoms with Crippen molar-refractivity contribution in [2.75, 3.05) is 0 Å². The maximum Gasteiger partial charge on any atom is 0.355 e. The number of aromatic carboxylic acids is 1. The lowest BCUT2D eigenvalue weighted by molar-refractivity contribution is 0.0691. The van der Waals surface area contributed by atoms with Crippen LogP contribution in [-0.4, -0.2) is 22.1 Å². The van der Waals surface area contributed by atoms with Crippen molar-refractivity contribution in [1.29, 1.82) is 0 Å². The van der Waals surface area contributed by atoms with Crippen molar-refractivity contribution in [3.63, 3.8) is 0 Å². The number of rotatable bonds is 3. The molecule has 1 aromatic heterocycles. The quantitative estimate of drug-likeness (QED) is 0.685. The third-order valence-electron chi connectivity index (χ3n) is 1.47. The molecular weight excluding hydrogens is 206 g/mol. The van der Waals surface area contributed by atoms with Crippen molar-refractivity contribution in [1.82, 2.24) is 10.3 Å². The molecule has 0 saturated carbocycles. The molecule has 1 unspecified atom stereocenters. The van der Waals surface area contributed by atoms with Crippen LogP contribution in [0.2, 0.25) is 0 Å². The van der Waals surface area contributed by atoms with Gasteiger partial charge < -0.3 is 16.2 Å². The molecule has 7 heteroatoms. The summed E-state index contributed by atoms with van der Waals surface area (Å²) in [6, 6.07) is -1.03. The first-order valence-corrected chi connectivity index (χ1v) is 4.63. The number of aromatic nitrogens is 1. The topological polar surface area (TPSA) is 105 Å². The first-order chi connectivity index (χ1) is 6.50. The van der Waals surface area contributed by atoms with Crippen molar-refractivity contribution in [3.8, 4) is 0 Å². The van der Waals surface area contributed by atoms with E-state index in [-0.39, 0.29) is 11.7 Å². The number of thiazole rings is 1. The molecule has 6 nitrogen and oxygen atoms in total. The van der Waals surface area contributed by atoms with Crippen LogP contribution in [0.3, 0.4) is 0 Å². The van der Waals surface area contributed by atoms with Crippen LogP contribution < -0.4 is 11.1 Å². The van der Waals surface area contributed by atoms with Gasteiger partial charge >= 0.3 is 12.0 Å². The maximum absolute atomic E-state index is 10.5. The standard InChI is InChI=1S/C7H9N3O3S/c1-3(9-7(8)13)5-10-4(2-14-5)6(11)12/h2-3H,1H3,(H,11,12)(H3,8,9,13). The van der Waals surface area contributed by atoms with Gasteiger partial charge in [-0.05, 0) is 6.92 Å². The molecule has 1 heterocycles. The summed E-state index contributed by atoms with van der Waals surface area (Å²) in [6.45, 7) is 1.68. The van der Waals surface area contributed by atoms with E-state index in [1.54, 1.807) is 6.92 Å². The van der Waals surface area contributed by atoms with Gasteiger partial charge in [-0.25, -0.2) is 14.6 Å². The number of carbonyl (C=O) groups is 2. The van der Waals surface area contributed by atoms with Crippen molar-refractivity contribution < 1.29 is 14.7 Å². The van der Waals surface area contributed by atoms with Crippen molar-refractivity contribution in [3.05, 3.63) is 16.1 Å². The van der Waals surface area contributed by atoms with E-state index in [1.807, 2.05) is 0 Å². The number of amides is 2. The van der Waals surface area contributed by atoms with Gasteiger partial charge in [0.2, 0.25) is 0 Å². The molecule has 2 amide bonds. The summed E-state index contributed by atoms with van der Waals surface area (Å²) in [5.74, 6) is -1.08. The van der Waals surface area contributed by atoms with Gasteiger partial charge in [-0.2, -0.15) is 0 Å². The molecule has 1 aromatic rings. The third-order valence-corrected chi connectivity index (χ3v) is 2.50. The molecule has 0 radical (unpaired) electrons. The summed E-state index contributed by atoms with van der Waals surface area (Å²) < 4.78 is 0. The Kier molecular flexibility index (Phi) is 3.03. The number of nitrogens with one attached hydrogen (secondary N) is 1. The second kappa shape index (κ2) is 4.05. The zero-order valence-corrected chi connectivity index (χ0v) is 8.17. The molecule has 14 heavy (non-hydrogen) atoms. The number of nitrogens with two attached hydrogens (primary N) is 1. The number of carbonyl (C=O) groups excluding carboxylic acids is 1. The molecule has 4 N–H and O–H groups in total. The molecule has 0 aromatic carbocycles. The van der Waals surface area contributed by atoms with Crippen molar-refractivity contribution in [2.24, 2.45) is 5.73 Å². The highest BCUT2D eigenvalue weighted by Gasteiger charge is 2.14. The van der Waals surface area contributed by atoms with E-state index in [9.17, 15) is 9.59 Å². The zero-order chi connectivity index (χ0) is 10.7. The highest BCUT2D eigenvalue weighted by molar-refractivity contribution is 7.09. The van der Waals surface area contributed by atoms with Gasteiger partial charge in [0, 0.05) is 5.38 Å². The van der Waals surface area contributed by atoms with Gasteiger partial charge in [0.1, 0.15) is 5.01 Å². The third kappa shape index (κ3) is 2.43. The van der Waals surface area contributed by atoms with E-state index >= 15 is 0 Å². The molecule has 1 rings (SSSR count). The molecule has 1 atom stereocenters. The molecule has 0 aliphatic carbocycles. The number of carboxylic acid groups (broad SMARTS) is 1. The number of hydrogen-bond acceptors (Lipinski definition) is 4. The fourth-order valence-electron chi connectivity index (χ4n) is 0.860. The average Bonchev–Trinajstić information content (AvgIpc) is 2.50. The Labute approximate surface area is 83.8 Å². The Bertz CT molecular complexity index is 363. The summed E-state index contributed by atoms with van der Waals surface area (Å²) in [7, 11) is 0. The first-order valence-electron chi connectivity index (χ1n) is 3.75. The Morgan fingerprint density at radius 2 is 2.36 bits per heavy atom. The van der Waals surface area contributed by atoms with Gasteiger partial charge in [-0.3, -0.25) is 0 Å². The Morgan fingerprint density at radius 1 is 1.71 bits per heavy atom. The minimum absolute atomic E-state index is 0.0249. The normalized spacial score (nSPS) is 12.1. The van der Waals surface area contributed by atoms with Gasteiger partial charge in [0.05, 0.1) is 6.04 Å². The Hall–Kier alpha value is -1.63. The fraction of sp³-hybridized carbons (Fsp3) is 0.286. The van der Waals surface area contributed by atoms with Crippen molar-refractivity contribution in [2.45, 2.75) is 13.0 Å². The smallest absolute Gasteiger partial charge is 0.355 e. The Balaban J connectivity index is 2.76. The fourth-order valence-corrected chi connectivity index (χ4v) is 1.66. The average molecular weight is 215 g/mol. The van der Waals surface area contributed by atoms with E-state index in [0.717, 1.165) is 0 Å². The second-order valence-electron chi connectivity index (χ2n) is 2.61. The summed E-state index contributed by atoms with van der Waals surface area (Å²) in [6.07, 6.45) is 0. The predicted octanol–water partition coefficient (Wildman–Crippen LogP) is 0.571. The maximum atomic E-state index is 10.5. The summed E-state index contributed by atoms with van der Waals surface area (Å²) >= 11 is 1.17. The van der Waals surface area contributed by atoms with Crippen LogP contribution in [-0.2, 0) is 0 Å². The number of nitrogens with zero attached hydrogens (tertiary/aromatic N) is 1. The van der Waals surface area contributed by atoms with Gasteiger partial charge in [-0.1, -0.05) is 0 Å². The van der Waals surface area contributed by atoms with E-state index in [1.165, 1.54) is 16.7 Å². The number of primary amides is 1. The molecule has 0 bridgehead atoms. The lowest BCUT2D eigenvalue weighted by Gasteiger charge is -2.07. The molecule has 0 fully saturated rings. The van der Waals surface area contributed by atoms with Crippen LogP contribution >= 0.6 is 11.3 Å². The minimum atomic E-state index is -1.08. The van der Waals surface area contributed by atoms with Crippen LogP contribution in [0.4, 0.5) is 4.79 Å². The zero-order valence-electron chi connectivity index (χ0n) is 7.35. The highest BCUT2D eigenvalue weighted by atomic mass is 32.1. The van der Waals surface area contributed by atoms with Gasteiger partial charge in [0.25, 0.3) is 0 Å². The van der Waals surface area contributed by atoms with E-state index in [4.69, 9.17) is 10.8 Å². The first kappa shape index (κ1) is 10.5. The lowest BCUT2D eigenvalue weighted by Crippen LogP contribution is -2.31. The molecular formula is C7H9N3O3S. The molecule has 0 aliphatic rings. The van der Waals surface area contributed by atoms with Crippen LogP contribution in [0.1, 0.15) is 28.5 Å². The minimum Gasteiger partial charge on any atom is -0.476 e. The van der Waals surface area contributed by atoms with Gasteiger partial charge in [0.15, 0.2) is 5.69 Å². The van der Waals surface area contributed by atoms with E-state index in [0.29, 0.717) is 5.01 Å². The molecule has 0 aliphatic heterocycles. The summed E-state index contributed by atoms with van der Waals surface area (Å²) in [4.78, 5) is 24.8. The second-order valence-corrected chi connectivity index (χ2v) is 3.50. The molecule has 0 saturated heterocycles. The summed E-state index contributed by atoms with van der Waals surface area (Å²) in [5, 5.41) is 12.9. The van der Waals surface area contributed by atoms with Gasteiger partial charge in [-0.15, -0.1) is 11.3 Å². The number of carboxylic acids is 1. The highest BCUT2D eigenvalue weighted by Crippen LogP contribution is 2.17. The van der Waals surface area contributed by atoms with Crippen LogP contribution in [0.25, 0.3) is 0 Å². The lowest BCUT2D eigenvalue weighted by atomic mass is 10.3. The van der Waals surface area contributed by atoms with Crippen LogP contribution in [0.15, 0.2) is 5.38 Å². The molecule has 76 valence electrons. The largest absolute Gasteiger partial charge is 0.476 e. The van der Waals surface area contributed by atoms with Crippen LogP contribution in [0.5, 0.6) is 0 Å². The molecule has 0 spiro atoms. The van der Waals surface area contributed by atoms with Crippen molar-refractivity contribution >= 4 is 23.3 Å². The number of urea groups is 1. The van der Waals surface area contributed by atoms with Crippen LogP contribution in [0, 0.1) is 0 Å². The van der Waals surface area contributed by atoms with E-state index < -0.39 is 12.0 Å². The monoisotopic (exact) mass is 215 g/mol. The predicted molar refractivity (Wildman–Crippen MR) is 50.2 cm³/mol. The Morgan fingerprint density at radius 3 is 2.79 bits per heavy atom. The number of hydrogen-bond donors (Lipinski definition) is 3. The summed E-state index contributed by atoms with van der Waals surface area (Å²) in [5.41, 5.74) is 4.88.